The molecule has 0 saturated carbocycles. The fourth-order valence-corrected chi connectivity index (χ4v) is 2.31. The van der Waals surface area contributed by atoms with Crippen LogP contribution in [0.3, 0.4) is 0 Å². The molecule has 0 saturated heterocycles. The molecule has 1 heterocycles. The SMILES string of the molecule is CC(C)[C@@H](C)NC(=O)c1cc(-c2ccc3ccccc3c2)on1. The molecule has 1 amide bonds. The lowest BCUT2D eigenvalue weighted by molar-refractivity contribution is 0.0921. The molecule has 0 radical (unpaired) electrons. The number of rotatable bonds is 4. The summed E-state index contributed by atoms with van der Waals surface area (Å²) in [6.45, 7) is 6.11. The molecule has 118 valence electrons. The zero-order valence-corrected chi connectivity index (χ0v) is 13.5. The van der Waals surface area contributed by atoms with E-state index in [-0.39, 0.29) is 11.9 Å². The summed E-state index contributed by atoms with van der Waals surface area (Å²) in [6.07, 6.45) is 0. The normalized spacial score (nSPS) is 12.5. The number of hydrogen-bond donors (Lipinski definition) is 1. The van der Waals surface area contributed by atoms with Crippen molar-refractivity contribution in [3.05, 3.63) is 54.2 Å². The van der Waals surface area contributed by atoms with Crippen molar-refractivity contribution in [3.63, 3.8) is 0 Å². The van der Waals surface area contributed by atoms with Crippen molar-refractivity contribution in [3.8, 4) is 11.3 Å². The molecule has 4 nitrogen and oxygen atoms in total. The van der Waals surface area contributed by atoms with Gasteiger partial charge in [0.25, 0.3) is 5.91 Å². The lowest BCUT2D eigenvalue weighted by atomic mass is 10.1. The maximum absolute atomic E-state index is 12.2. The molecule has 1 aromatic heterocycles. The quantitative estimate of drug-likeness (QED) is 0.783. The van der Waals surface area contributed by atoms with E-state index in [1.54, 1.807) is 6.07 Å². The van der Waals surface area contributed by atoms with Gasteiger partial charge in [0.05, 0.1) is 0 Å². The molecule has 0 bridgehead atoms. The van der Waals surface area contributed by atoms with Gasteiger partial charge in [0, 0.05) is 17.7 Å². The predicted molar refractivity (Wildman–Crippen MR) is 91.2 cm³/mol. The number of nitrogens with zero attached hydrogens (tertiary/aromatic N) is 1. The number of nitrogens with one attached hydrogen (secondary N) is 1. The first-order valence-corrected chi connectivity index (χ1v) is 7.81. The second-order valence-electron chi connectivity index (χ2n) is 6.14. The zero-order chi connectivity index (χ0) is 16.4. The highest BCUT2D eigenvalue weighted by atomic mass is 16.5. The van der Waals surface area contributed by atoms with Gasteiger partial charge < -0.3 is 9.84 Å². The number of fused-ring (bicyclic) bond motifs is 1. The van der Waals surface area contributed by atoms with E-state index < -0.39 is 0 Å². The lowest BCUT2D eigenvalue weighted by Crippen LogP contribution is -2.36. The summed E-state index contributed by atoms with van der Waals surface area (Å²) < 4.78 is 5.35. The van der Waals surface area contributed by atoms with E-state index >= 15 is 0 Å². The van der Waals surface area contributed by atoms with Gasteiger partial charge >= 0.3 is 0 Å². The van der Waals surface area contributed by atoms with Crippen LogP contribution in [0.15, 0.2) is 53.1 Å². The first-order valence-electron chi connectivity index (χ1n) is 7.81. The molecular formula is C19H20N2O2. The third kappa shape index (κ3) is 3.26. The van der Waals surface area contributed by atoms with Crippen LogP contribution in [0.25, 0.3) is 22.1 Å². The summed E-state index contributed by atoms with van der Waals surface area (Å²) in [4.78, 5) is 12.2. The highest BCUT2D eigenvalue weighted by molar-refractivity contribution is 5.93. The van der Waals surface area contributed by atoms with Crippen LogP contribution in [-0.2, 0) is 0 Å². The monoisotopic (exact) mass is 308 g/mol. The summed E-state index contributed by atoms with van der Waals surface area (Å²) in [5, 5.41) is 9.12. The van der Waals surface area contributed by atoms with Gasteiger partial charge in [0.15, 0.2) is 11.5 Å². The largest absolute Gasteiger partial charge is 0.355 e. The molecule has 3 aromatic rings. The zero-order valence-electron chi connectivity index (χ0n) is 13.5. The second kappa shape index (κ2) is 6.24. The van der Waals surface area contributed by atoms with E-state index in [2.05, 4.69) is 30.4 Å². The molecule has 0 fully saturated rings. The first-order chi connectivity index (χ1) is 11.0. The Morgan fingerprint density at radius 1 is 1.04 bits per heavy atom. The molecule has 0 aliphatic rings. The topological polar surface area (TPSA) is 55.1 Å². The summed E-state index contributed by atoms with van der Waals surface area (Å²) in [5.41, 5.74) is 1.22. The van der Waals surface area contributed by atoms with Crippen LogP contribution < -0.4 is 5.32 Å². The minimum Gasteiger partial charge on any atom is -0.355 e. The molecule has 23 heavy (non-hydrogen) atoms. The Labute approximate surface area is 135 Å². The minimum atomic E-state index is -0.206. The number of carbonyl (C=O) groups excluding carboxylic acids is 1. The van der Waals surface area contributed by atoms with Crippen molar-refractivity contribution < 1.29 is 9.32 Å². The molecule has 1 atom stereocenters. The fraction of sp³-hybridized carbons (Fsp3) is 0.263. The van der Waals surface area contributed by atoms with E-state index in [1.165, 1.54) is 5.39 Å². The Morgan fingerprint density at radius 2 is 1.78 bits per heavy atom. The number of benzene rings is 2. The van der Waals surface area contributed by atoms with Crippen molar-refractivity contribution in [2.24, 2.45) is 5.92 Å². The van der Waals surface area contributed by atoms with E-state index in [9.17, 15) is 4.79 Å². The number of amides is 1. The summed E-state index contributed by atoms with van der Waals surface area (Å²) in [7, 11) is 0. The molecule has 0 aliphatic carbocycles. The van der Waals surface area contributed by atoms with Crippen molar-refractivity contribution in [1.82, 2.24) is 10.5 Å². The van der Waals surface area contributed by atoms with Crippen molar-refractivity contribution in [2.75, 3.05) is 0 Å². The second-order valence-corrected chi connectivity index (χ2v) is 6.14. The number of hydrogen-bond acceptors (Lipinski definition) is 3. The van der Waals surface area contributed by atoms with Gasteiger partial charge in [-0.1, -0.05) is 55.4 Å². The van der Waals surface area contributed by atoms with Crippen LogP contribution in [-0.4, -0.2) is 17.1 Å². The number of aromatic nitrogens is 1. The Hall–Kier alpha value is -2.62. The average Bonchev–Trinajstić information content (AvgIpc) is 3.04. The van der Waals surface area contributed by atoms with Crippen LogP contribution in [0.4, 0.5) is 0 Å². The molecule has 0 unspecified atom stereocenters. The lowest BCUT2D eigenvalue weighted by Gasteiger charge is -2.16. The number of carbonyl (C=O) groups is 1. The molecule has 0 spiro atoms. The van der Waals surface area contributed by atoms with Crippen LogP contribution in [0.5, 0.6) is 0 Å². The third-order valence-corrected chi connectivity index (χ3v) is 4.14. The van der Waals surface area contributed by atoms with Gasteiger partial charge in [-0.3, -0.25) is 4.79 Å². The van der Waals surface area contributed by atoms with Crippen molar-refractivity contribution in [2.45, 2.75) is 26.8 Å². The van der Waals surface area contributed by atoms with Crippen LogP contribution >= 0.6 is 0 Å². The molecule has 4 heteroatoms. The van der Waals surface area contributed by atoms with Crippen molar-refractivity contribution >= 4 is 16.7 Å². The fourth-order valence-electron chi connectivity index (χ4n) is 2.31. The average molecular weight is 308 g/mol. The van der Waals surface area contributed by atoms with Gasteiger partial charge in [-0.2, -0.15) is 0 Å². The highest BCUT2D eigenvalue weighted by Gasteiger charge is 2.17. The predicted octanol–water partition coefficient (Wildman–Crippen LogP) is 4.27. The van der Waals surface area contributed by atoms with Gasteiger partial charge in [0.1, 0.15) is 0 Å². The summed E-state index contributed by atoms with van der Waals surface area (Å²) in [5.74, 6) is 0.755. The maximum Gasteiger partial charge on any atom is 0.273 e. The highest BCUT2D eigenvalue weighted by Crippen LogP contribution is 2.25. The summed E-state index contributed by atoms with van der Waals surface area (Å²) >= 11 is 0. The maximum atomic E-state index is 12.2. The van der Waals surface area contributed by atoms with E-state index in [4.69, 9.17) is 4.52 Å². The smallest absolute Gasteiger partial charge is 0.273 e. The molecule has 1 N–H and O–H groups in total. The van der Waals surface area contributed by atoms with E-state index in [0.29, 0.717) is 17.4 Å². The van der Waals surface area contributed by atoms with Gasteiger partial charge in [-0.15, -0.1) is 0 Å². The third-order valence-electron chi connectivity index (χ3n) is 4.14. The molecule has 3 rings (SSSR count). The van der Waals surface area contributed by atoms with E-state index in [1.807, 2.05) is 43.3 Å². The Morgan fingerprint density at radius 3 is 2.52 bits per heavy atom. The Bertz CT molecular complexity index is 836. The van der Waals surface area contributed by atoms with Gasteiger partial charge in [-0.05, 0) is 29.7 Å². The van der Waals surface area contributed by atoms with Crippen molar-refractivity contribution in [1.29, 1.82) is 0 Å². The minimum absolute atomic E-state index is 0.0864. The van der Waals surface area contributed by atoms with Crippen LogP contribution in [0.2, 0.25) is 0 Å². The molecule has 0 aliphatic heterocycles. The summed E-state index contributed by atoms with van der Waals surface area (Å²) in [6, 6.07) is 15.9. The van der Waals surface area contributed by atoms with Gasteiger partial charge in [0.2, 0.25) is 0 Å². The first kappa shape index (κ1) is 15.3. The standard InChI is InChI=1S/C19H20N2O2/c1-12(2)13(3)20-19(22)17-11-18(23-21-17)16-9-8-14-6-4-5-7-15(14)10-16/h4-13H,1-3H3,(H,20,22)/t13-/m1/s1. The van der Waals surface area contributed by atoms with E-state index in [0.717, 1.165) is 10.9 Å². The molecule has 2 aromatic carbocycles. The Kier molecular flexibility index (Phi) is 4.15. The van der Waals surface area contributed by atoms with Crippen LogP contribution in [0, 0.1) is 5.92 Å². The van der Waals surface area contributed by atoms with Gasteiger partial charge in [-0.25, -0.2) is 0 Å². The van der Waals surface area contributed by atoms with Crippen LogP contribution in [0.1, 0.15) is 31.3 Å². The Balaban J connectivity index is 1.84. The molecular weight excluding hydrogens is 288 g/mol.